The third kappa shape index (κ3) is 4.85. The lowest BCUT2D eigenvalue weighted by atomic mass is 10.1. The van der Waals surface area contributed by atoms with E-state index in [0.717, 1.165) is 4.47 Å². The molecule has 0 aromatic heterocycles. The molecule has 5 nitrogen and oxygen atoms in total. The number of esters is 1. The summed E-state index contributed by atoms with van der Waals surface area (Å²) in [6.45, 7) is 5.58. The van der Waals surface area contributed by atoms with Gasteiger partial charge in [0.1, 0.15) is 0 Å². The Morgan fingerprint density at radius 2 is 2.00 bits per heavy atom. The van der Waals surface area contributed by atoms with Gasteiger partial charge >= 0.3 is 5.97 Å². The van der Waals surface area contributed by atoms with Crippen molar-refractivity contribution < 1.29 is 14.3 Å². The van der Waals surface area contributed by atoms with Gasteiger partial charge in [-0.2, -0.15) is 0 Å². The molecule has 1 atom stereocenters. The van der Waals surface area contributed by atoms with E-state index in [0.29, 0.717) is 11.6 Å². The number of nitrogens with two attached hydrogens (primary N) is 1. The molecule has 0 saturated heterocycles. The van der Waals surface area contributed by atoms with Crippen LogP contribution in [0.25, 0.3) is 0 Å². The van der Waals surface area contributed by atoms with Gasteiger partial charge < -0.3 is 15.8 Å². The molecule has 0 aliphatic carbocycles. The van der Waals surface area contributed by atoms with Crippen LogP contribution >= 0.6 is 15.9 Å². The molecule has 0 radical (unpaired) electrons. The second-order valence-electron chi connectivity index (χ2n) is 4.91. The zero-order valence-electron chi connectivity index (χ0n) is 11.8. The highest BCUT2D eigenvalue weighted by Crippen LogP contribution is 2.19. The second-order valence-corrected chi connectivity index (χ2v) is 5.82. The van der Waals surface area contributed by atoms with Crippen molar-refractivity contribution in [3.05, 3.63) is 28.2 Å². The van der Waals surface area contributed by atoms with Crippen LogP contribution < -0.4 is 11.1 Å². The van der Waals surface area contributed by atoms with E-state index >= 15 is 0 Å². The Kier molecular flexibility index (Phi) is 6.01. The number of benzene rings is 1. The highest BCUT2D eigenvalue weighted by molar-refractivity contribution is 9.10. The molecule has 0 fully saturated rings. The fourth-order valence-corrected chi connectivity index (χ4v) is 1.74. The van der Waals surface area contributed by atoms with Crippen LogP contribution in [0.15, 0.2) is 22.7 Å². The van der Waals surface area contributed by atoms with Crippen molar-refractivity contribution >= 4 is 33.5 Å². The first-order chi connectivity index (χ1) is 9.31. The Hall–Kier alpha value is -1.56. The molecule has 110 valence electrons. The molecule has 1 amide bonds. The van der Waals surface area contributed by atoms with Crippen molar-refractivity contribution in [2.24, 2.45) is 5.92 Å². The second kappa shape index (κ2) is 7.28. The molecule has 1 aromatic carbocycles. The number of hydrogen-bond donors (Lipinski definition) is 2. The van der Waals surface area contributed by atoms with Crippen molar-refractivity contribution in [1.29, 1.82) is 0 Å². The van der Waals surface area contributed by atoms with E-state index in [1.165, 1.54) is 0 Å². The predicted octanol–water partition coefficient (Wildman–Crippen LogP) is 2.35. The molecule has 0 bridgehead atoms. The quantitative estimate of drug-likeness (QED) is 0.635. The first kappa shape index (κ1) is 16.5. The number of halogens is 1. The van der Waals surface area contributed by atoms with Gasteiger partial charge in [-0.15, -0.1) is 0 Å². The van der Waals surface area contributed by atoms with Crippen LogP contribution in [-0.2, 0) is 9.53 Å². The molecule has 0 aliphatic heterocycles. The third-order valence-corrected chi connectivity index (χ3v) is 3.45. The fourth-order valence-electron chi connectivity index (χ4n) is 1.38. The van der Waals surface area contributed by atoms with Crippen LogP contribution in [0.3, 0.4) is 0 Å². The minimum atomic E-state index is -0.615. The van der Waals surface area contributed by atoms with E-state index < -0.39 is 5.97 Å². The molecule has 1 rings (SSSR count). The first-order valence-electron chi connectivity index (χ1n) is 6.32. The van der Waals surface area contributed by atoms with Gasteiger partial charge in [-0.25, -0.2) is 4.79 Å². The summed E-state index contributed by atoms with van der Waals surface area (Å²) in [6, 6.07) is 4.91. The summed E-state index contributed by atoms with van der Waals surface area (Å²) in [6.07, 6.45) is 0. The molecular weight excluding hydrogens is 324 g/mol. The van der Waals surface area contributed by atoms with Crippen LogP contribution in [-0.4, -0.2) is 24.5 Å². The summed E-state index contributed by atoms with van der Waals surface area (Å²) in [5.41, 5.74) is 6.25. The number of carbonyl (C=O) groups is 2. The molecule has 0 aliphatic rings. The van der Waals surface area contributed by atoms with Gasteiger partial charge in [0.15, 0.2) is 6.61 Å². The van der Waals surface area contributed by atoms with Gasteiger partial charge in [0.25, 0.3) is 5.91 Å². The van der Waals surface area contributed by atoms with E-state index in [2.05, 4.69) is 21.2 Å². The number of hydrogen-bond acceptors (Lipinski definition) is 4. The maximum Gasteiger partial charge on any atom is 0.340 e. The summed E-state index contributed by atoms with van der Waals surface area (Å²) in [5.74, 6) is -0.625. The lowest BCUT2D eigenvalue weighted by Crippen LogP contribution is -2.38. The standard InChI is InChI=1S/C14H19BrN2O3/c1-8(2)9(3)17-13(18)7-20-14(19)11-6-10(15)4-5-12(11)16/h4-6,8-9H,7,16H2,1-3H3,(H,17,18). The normalized spacial score (nSPS) is 12.1. The van der Waals surface area contributed by atoms with Gasteiger partial charge in [-0.1, -0.05) is 29.8 Å². The summed E-state index contributed by atoms with van der Waals surface area (Å²) in [4.78, 5) is 23.5. The van der Waals surface area contributed by atoms with Crippen molar-refractivity contribution in [2.45, 2.75) is 26.8 Å². The average molecular weight is 343 g/mol. The molecule has 0 heterocycles. The minimum Gasteiger partial charge on any atom is -0.452 e. The summed E-state index contributed by atoms with van der Waals surface area (Å²) in [7, 11) is 0. The smallest absolute Gasteiger partial charge is 0.340 e. The van der Waals surface area contributed by atoms with Gasteiger partial charge in [0.2, 0.25) is 0 Å². The molecule has 3 N–H and O–H groups in total. The number of amides is 1. The van der Waals surface area contributed by atoms with E-state index in [-0.39, 0.29) is 24.1 Å². The maximum absolute atomic E-state index is 11.8. The maximum atomic E-state index is 11.8. The third-order valence-electron chi connectivity index (χ3n) is 2.96. The first-order valence-corrected chi connectivity index (χ1v) is 7.12. The lowest BCUT2D eigenvalue weighted by molar-refractivity contribution is -0.125. The Morgan fingerprint density at radius 3 is 2.60 bits per heavy atom. The van der Waals surface area contributed by atoms with Gasteiger partial charge in [-0.05, 0) is 31.0 Å². The number of nitrogen functional groups attached to an aromatic ring is 1. The number of nitrogens with one attached hydrogen (secondary N) is 1. The number of rotatable bonds is 5. The Morgan fingerprint density at radius 1 is 1.35 bits per heavy atom. The Labute approximate surface area is 127 Å². The monoisotopic (exact) mass is 342 g/mol. The van der Waals surface area contributed by atoms with Crippen LogP contribution in [0.1, 0.15) is 31.1 Å². The largest absolute Gasteiger partial charge is 0.452 e. The highest BCUT2D eigenvalue weighted by atomic mass is 79.9. The number of carbonyl (C=O) groups excluding carboxylic acids is 2. The topological polar surface area (TPSA) is 81.4 Å². The predicted molar refractivity (Wildman–Crippen MR) is 81.3 cm³/mol. The van der Waals surface area contributed by atoms with E-state index in [4.69, 9.17) is 10.5 Å². The zero-order chi connectivity index (χ0) is 15.3. The molecule has 1 unspecified atom stereocenters. The average Bonchev–Trinajstić information content (AvgIpc) is 2.38. The Balaban J connectivity index is 2.55. The van der Waals surface area contributed by atoms with Crippen molar-refractivity contribution in [3.8, 4) is 0 Å². The number of anilines is 1. The van der Waals surface area contributed by atoms with Crippen molar-refractivity contribution in [2.75, 3.05) is 12.3 Å². The minimum absolute atomic E-state index is 0.0251. The van der Waals surface area contributed by atoms with Gasteiger partial charge in [0.05, 0.1) is 5.56 Å². The van der Waals surface area contributed by atoms with Crippen molar-refractivity contribution in [1.82, 2.24) is 5.32 Å². The van der Waals surface area contributed by atoms with Crippen LogP contribution in [0.4, 0.5) is 5.69 Å². The van der Waals surface area contributed by atoms with Crippen molar-refractivity contribution in [3.63, 3.8) is 0 Å². The molecule has 20 heavy (non-hydrogen) atoms. The van der Waals surface area contributed by atoms with Gasteiger partial charge in [0, 0.05) is 16.2 Å². The molecule has 1 aromatic rings. The highest BCUT2D eigenvalue weighted by Gasteiger charge is 2.15. The summed E-state index contributed by atoms with van der Waals surface area (Å²) < 4.78 is 5.67. The Bertz CT molecular complexity index is 503. The lowest BCUT2D eigenvalue weighted by Gasteiger charge is -2.17. The molecule has 0 spiro atoms. The van der Waals surface area contributed by atoms with E-state index in [1.807, 2.05) is 20.8 Å². The molecule has 0 saturated carbocycles. The van der Waals surface area contributed by atoms with Crippen LogP contribution in [0.2, 0.25) is 0 Å². The zero-order valence-corrected chi connectivity index (χ0v) is 13.4. The molecule has 6 heteroatoms. The summed E-state index contributed by atoms with van der Waals surface area (Å²) in [5, 5.41) is 2.76. The molecular formula is C14H19BrN2O3. The fraction of sp³-hybridized carbons (Fsp3) is 0.429. The van der Waals surface area contributed by atoms with E-state index in [9.17, 15) is 9.59 Å². The van der Waals surface area contributed by atoms with Gasteiger partial charge in [-0.3, -0.25) is 4.79 Å². The van der Waals surface area contributed by atoms with Crippen LogP contribution in [0.5, 0.6) is 0 Å². The van der Waals surface area contributed by atoms with E-state index in [1.54, 1.807) is 18.2 Å². The van der Waals surface area contributed by atoms with Crippen LogP contribution in [0, 0.1) is 5.92 Å². The SMILES string of the molecule is CC(C)C(C)NC(=O)COC(=O)c1cc(Br)ccc1N. The summed E-state index contributed by atoms with van der Waals surface area (Å²) >= 11 is 3.25. The number of ether oxygens (including phenoxy) is 1.